The van der Waals surface area contributed by atoms with Gasteiger partial charge in [0.05, 0.1) is 12.6 Å². The lowest BCUT2D eigenvalue weighted by Crippen LogP contribution is -2.47. The number of ether oxygens (including phenoxy) is 2. The number of carbonyl (C=O) groups is 2. The molecule has 4 aliphatic rings. The second-order valence-corrected chi connectivity index (χ2v) is 9.87. The third kappa shape index (κ3) is 5.45. The SMILES string of the molecule is CCc1ccc(OC2CCN(C(=O)C3=CNC(CN4CC5(CCNCC5)OC4=O)C=N3)CC2)cc1. The Labute approximate surface area is 206 Å². The topological polar surface area (TPSA) is 95.5 Å². The second-order valence-electron chi connectivity index (χ2n) is 9.87. The zero-order chi connectivity index (χ0) is 24.3. The van der Waals surface area contributed by atoms with Gasteiger partial charge in [-0.1, -0.05) is 19.1 Å². The fraction of sp³-hybridized carbons (Fsp3) is 0.577. The van der Waals surface area contributed by atoms with E-state index < -0.39 is 0 Å². The van der Waals surface area contributed by atoms with Gasteiger partial charge in [-0.2, -0.15) is 0 Å². The average Bonchev–Trinajstić information content (AvgIpc) is 3.19. The number of piperidine rings is 2. The zero-order valence-electron chi connectivity index (χ0n) is 20.4. The Kier molecular flexibility index (Phi) is 6.95. The van der Waals surface area contributed by atoms with Gasteiger partial charge < -0.3 is 29.9 Å². The van der Waals surface area contributed by atoms with Gasteiger partial charge in [0.1, 0.15) is 23.2 Å². The van der Waals surface area contributed by atoms with E-state index in [-0.39, 0.29) is 29.7 Å². The van der Waals surface area contributed by atoms with E-state index in [0.717, 1.165) is 50.9 Å². The normalized spacial score (nSPS) is 24.2. The molecule has 3 saturated heterocycles. The van der Waals surface area contributed by atoms with E-state index in [1.165, 1.54) is 5.56 Å². The average molecular weight is 482 g/mol. The summed E-state index contributed by atoms with van der Waals surface area (Å²) in [4.78, 5) is 33.4. The largest absolute Gasteiger partial charge is 0.490 e. The van der Waals surface area contributed by atoms with Crippen LogP contribution in [-0.2, 0) is 16.0 Å². The molecule has 0 saturated carbocycles. The summed E-state index contributed by atoms with van der Waals surface area (Å²) in [6.45, 7) is 6.23. The Morgan fingerprint density at radius 2 is 1.94 bits per heavy atom. The maximum atomic E-state index is 13.0. The first-order chi connectivity index (χ1) is 17.0. The van der Waals surface area contributed by atoms with Crippen molar-refractivity contribution in [2.24, 2.45) is 4.99 Å². The summed E-state index contributed by atoms with van der Waals surface area (Å²) in [6.07, 6.45) is 7.53. The number of aryl methyl sites for hydroxylation is 1. The minimum atomic E-state index is -0.361. The molecule has 3 fully saturated rings. The van der Waals surface area contributed by atoms with E-state index in [1.54, 1.807) is 17.3 Å². The molecule has 35 heavy (non-hydrogen) atoms. The molecule has 2 amide bonds. The van der Waals surface area contributed by atoms with Crippen LogP contribution in [0.1, 0.15) is 38.2 Å². The fourth-order valence-corrected chi connectivity index (χ4v) is 5.20. The highest BCUT2D eigenvalue weighted by molar-refractivity contribution is 5.95. The lowest BCUT2D eigenvalue weighted by molar-refractivity contribution is -0.129. The van der Waals surface area contributed by atoms with E-state index in [9.17, 15) is 9.59 Å². The molecule has 0 bridgehead atoms. The number of likely N-dealkylation sites (tertiary alicyclic amines) is 1. The van der Waals surface area contributed by atoms with Crippen molar-refractivity contribution in [3.63, 3.8) is 0 Å². The van der Waals surface area contributed by atoms with E-state index in [0.29, 0.717) is 31.9 Å². The first-order valence-corrected chi connectivity index (χ1v) is 12.8. The molecule has 188 valence electrons. The van der Waals surface area contributed by atoms with Crippen LogP contribution in [0.5, 0.6) is 5.75 Å². The molecule has 9 nitrogen and oxygen atoms in total. The summed E-state index contributed by atoms with van der Waals surface area (Å²) in [5.41, 5.74) is 1.33. The third-order valence-electron chi connectivity index (χ3n) is 7.38. The van der Waals surface area contributed by atoms with Gasteiger partial charge in [0.25, 0.3) is 5.91 Å². The number of hydrogen-bond acceptors (Lipinski definition) is 7. The van der Waals surface area contributed by atoms with Crippen LogP contribution in [0.4, 0.5) is 4.79 Å². The molecular formula is C26H35N5O4. The van der Waals surface area contributed by atoms with Gasteiger partial charge in [-0.25, -0.2) is 4.79 Å². The van der Waals surface area contributed by atoms with Crippen LogP contribution in [0.3, 0.4) is 0 Å². The summed E-state index contributed by atoms with van der Waals surface area (Å²) in [7, 11) is 0. The van der Waals surface area contributed by atoms with Crippen LogP contribution in [0, 0.1) is 0 Å². The number of benzene rings is 1. The number of nitrogens with one attached hydrogen (secondary N) is 2. The van der Waals surface area contributed by atoms with Crippen molar-refractivity contribution >= 4 is 18.2 Å². The van der Waals surface area contributed by atoms with Gasteiger partial charge in [0.15, 0.2) is 0 Å². The minimum absolute atomic E-state index is 0.0767. The number of aliphatic imine (C=N–C) groups is 1. The highest BCUT2D eigenvalue weighted by Crippen LogP contribution is 2.31. The predicted octanol–water partition coefficient (Wildman–Crippen LogP) is 2.08. The van der Waals surface area contributed by atoms with Gasteiger partial charge >= 0.3 is 6.09 Å². The van der Waals surface area contributed by atoms with Gasteiger partial charge in [0, 0.05) is 57.7 Å². The molecule has 0 aromatic heterocycles. The highest BCUT2D eigenvalue weighted by atomic mass is 16.6. The Balaban J connectivity index is 1.07. The molecule has 1 aromatic carbocycles. The van der Waals surface area contributed by atoms with Gasteiger partial charge in [0.2, 0.25) is 0 Å². The second kappa shape index (κ2) is 10.3. The first kappa shape index (κ1) is 23.7. The van der Waals surface area contributed by atoms with Crippen LogP contribution in [-0.4, -0.2) is 85.0 Å². The van der Waals surface area contributed by atoms with E-state index >= 15 is 0 Å². The van der Waals surface area contributed by atoms with Crippen LogP contribution < -0.4 is 15.4 Å². The molecule has 1 unspecified atom stereocenters. The monoisotopic (exact) mass is 481 g/mol. The molecular weight excluding hydrogens is 446 g/mol. The number of amides is 2. The summed E-state index contributed by atoms with van der Waals surface area (Å²) in [6, 6.07) is 8.09. The summed E-state index contributed by atoms with van der Waals surface area (Å²) in [5.74, 6) is 0.807. The van der Waals surface area contributed by atoms with Crippen molar-refractivity contribution in [2.75, 3.05) is 39.3 Å². The standard InChI is InChI=1S/C26H35N5O4/c1-2-19-3-5-21(6-4-19)34-22-7-13-30(14-8-22)24(32)23-16-28-20(15-29-23)17-31-18-26(35-25(31)33)9-11-27-12-10-26/h3-6,15-16,20,22,27-28H,2,7-14,17-18H2,1H3. The maximum Gasteiger partial charge on any atom is 0.410 e. The Morgan fingerprint density at radius 3 is 2.60 bits per heavy atom. The van der Waals surface area contributed by atoms with Gasteiger partial charge in [-0.05, 0) is 37.2 Å². The number of carbonyl (C=O) groups excluding carboxylic acids is 2. The molecule has 1 atom stereocenters. The molecule has 1 spiro atoms. The maximum absolute atomic E-state index is 13.0. The lowest BCUT2D eigenvalue weighted by atomic mass is 9.92. The molecule has 2 N–H and O–H groups in total. The van der Waals surface area contributed by atoms with Crippen molar-refractivity contribution in [2.45, 2.75) is 56.8 Å². The Morgan fingerprint density at radius 1 is 1.20 bits per heavy atom. The Bertz CT molecular complexity index is 978. The number of rotatable bonds is 6. The smallest absolute Gasteiger partial charge is 0.410 e. The quantitative estimate of drug-likeness (QED) is 0.646. The van der Waals surface area contributed by atoms with Crippen molar-refractivity contribution in [3.05, 3.63) is 41.7 Å². The third-order valence-corrected chi connectivity index (χ3v) is 7.38. The van der Waals surface area contributed by atoms with Crippen LogP contribution in [0.2, 0.25) is 0 Å². The lowest BCUT2D eigenvalue weighted by Gasteiger charge is -2.33. The van der Waals surface area contributed by atoms with Crippen molar-refractivity contribution in [1.82, 2.24) is 20.4 Å². The minimum Gasteiger partial charge on any atom is -0.490 e. The van der Waals surface area contributed by atoms with Crippen molar-refractivity contribution in [1.29, 1.82) is 0 Å². The van der Waals surface area contributed by atoms with Crippen LogP contribution in [0.25, 0.3) is 0 Å². The molecule has 4 heterocycles. The van der Waals surface area contributed by atoms with Gasteiger partial charge in [-0.15, -0.1) is 0 Å². The van der Waals surface area contributed by atoms with E-state index in [1.807, 2.05) is 17.0 Å². The zero-order valence-corrected chi connectivity index (χ0v) is 20.4. The van der Waals surface area contributed by atoms with E-state index in [4.69, 9.17) is 9.47 Å². The summed E-state index contributed by atoms with van der Waals surface area (Å²) < 4.78 is 11.8. The molecule has 5 rings (SSSR count). The Hall–Kier alpha value is -3.07. The highest BCUT2D eigenvalue weighted by Gasteiger charge is 2.46. The van der Waals surface area contributed by atoms with Crippen molar-refractivity contribution in [3.8, 4) is 5.75 Å². The molecule has 9 heteroatoms. The fourth-order valence-electron chi connectivity index (χ4n) is 5.20. The van der Waals surface area contributed by atoms with Crippen LogP contribution in [0.15, 0.2) is 41.2 Å². The molecule has 0 aliphatic carbocycles. The summed E-state index contributed by atoms with van der Waals surface area (Å²) in [5, 5.41) is 6.55. The summed E-state index contributed by atoms with van der Waals surface area (Å²) >= 11 is 0. The number of hydrogen-bond donors (Lipinski definition) is 2. The first-order valence-electron chi connectivity index (χ1n) is 12.8. The van der Waals surface area contributed by atoms with Crippen LogP contribution >= 0.6 is 0 Å². The molecule has 0 radical (unpaired) electrons. The van der Waals surface area contributed by atoms with Crippen molar-refractivity contribution < 1.29 is 19.1 Å². The number of nitrogens with zero attached hydrogens (tertiary/aromatic N) is 3. The van der Waals surface area contributed by atoms with Gasteiger partial charge in [-0.3, -0.25) is 9.79 Å². The predicted molar refractivity (Wildman–Crippen MR) is 132 cm³/mol. The van der Waals surface area contributed by atoms with E-state index in [2.05, 4.69) is 34.7 Å². The molecule has 4 aliphatic heterocycles. The molecule has 1 aromatic rings.